The number of hydrogen-bond acceptors (Lipinski definition) is 1. The van der Waals surface area contributed by atoms with Crippen LogP contribution < -0.4 is 0 Å². The van der Waals surface area contributed by atoms with Crippen molar-refractivity contribution in [2.24, 2.45) is 0 Å². The van der Waals surface area contributed by atoms with Crippen molar-refractivity contribution in [1.82, 2.24) is 4.90 Å². The summed E-state index contributed by atoms with van der Waals surface area (Å²) in [6, 6.07) is 0.722. The standard InChI is InChI=1S/C8H14ClNO/c1-3-7-5-4-6(2)10(7)8(9)11/h6-7H,3-5H2,1-2H3. The Hall–Kier alpha value is -0.240. The van der Waals surface area contributed by atoms with Crippen LogP contribution in [0.25, 0.3) is 0 Å². The van der Waals surface area contributed by atoms with Gasteiger partial charge in [0.2, 0.25) is 0 Å². The summed E-state index contributed by atoms with van der Waals surface area (Å²) in [5.74, 6) is 0. The minimum Gasteiger partial charge on any atom is -0.324 e. The molecular weight excluding hydrogens is 162 g/mol. The lowest BCUT2D eigenvalue weighted by molar-refractivity contribution is 0.199. The molecule has 0 aliphatic carbocycles. The lowest BCUT2D eigenvalue weighted by Crippen LogP contribution is -2.36. The minimum absolute atomic E-state index is 0.290. The fraction of sp³-hybridized carbons (Fsp3) is 0.875. The fourth-order valence-electron chi connectivity index (χ4n) is 1.79. The first-order chi connectivity index (χ1) is 5.16. The second-order valence-corrected chi connectivity index (χ2v) is 3.47. The molecule has 0 aromatic carbocycles. The lowest BCUT2D eigenvalue weighted by Gasteiger charge is -2.24. The second kappa shape index (κ2) is 3.44. The smallest absolute Gasteiger partial charge is 0.316 e. The molecule has 0 saturated carbocycles. The molecule has 1 amide bonds. The van der Waals surface area contributed by atoms with Gasteiger partial charge in [-0.2, -0.15) is 0 Å². The van der Waals surface area contributed by atoms with E-state index >= 15 is 0 Å². The molecule has 1 aliphatic rings. The van der Waals surface area contributed by atoms with Crippen LogP contribution in [0.15, 0.2) is 0 Å². The molecule has 0 N–H and O–H groups in total. The van der Waals surface area contributed by atoms with E-state index in [1.54, 1.807) is 4.90 Å². The van der Waals surface area contributed by atoms with E-state index in [9.17, 15) is 4.79 Å². The Labute approximate surface area is 72.5 Å². The number of rotatable bonds is 1. The predicted molar refractivity (Wildman–Crippen MR) is 45.9 cm³/mol. The van der Waals surface area contributed by atoms with E-state index in [2.05, 4.69) is 13.8 Å². The van der Waals surface area contributed by atoms with E-state index < -0.39 is 0 Å². The Morgan fingerprint density at radius 2 is 2.27 bits per heavy atom. The van der Waals surface area contributed by atoms with Gasteiger partial charge in [0.15, 0.2) is 0 Å². The molecule has 2 unspecified atom stereocenters. The van der Waals surface area contributed by atoms with Gasteiger partial charge in [0.25, 0.3) is 0 Å². The topological polar surface area (TPSA) is 20.3 Å². The van der Waals surface area contributed by atoms with E-state index in [0.717, 1.165) is 19.3 Å². The largest absolute Gasteiger partial charge is 0.324 e. The van der Waals surface area contributed by atoms with Crippen LogP contribution >= 0.6 is 11.6 Å². The molecule has 1 rings (SSSR count). The van der Waals surface area contributed by atoms with Crippen molar-refractivity contribution in [3.8, 4) is 0 Å². The Kier molecular flexibility index (Phi) is 2.77. The van der Waals surface area contributed by atoms with Crippen LogP contribution in [-0.4, -0.2) is 22.3 Å². The second-order valence-electron chi connectivity index (χ2n) is 3.15. The summed E-state index contributed by atoms with van der Waals surface area (Å²) in [4.78, 5) is 12.7. The summed E-state index contributed by atoms with van der Waals surface area (Å²) in [6.45, 7) is 4.14. The third kappa shape index (κ3) is 1.67. The summed E-state index contributed by atoms with van der Waals surface area (Å²) >= 11 is 5.44. The highest BCUT2D eigenvalue weighted by atomic mass is 35.5. The van der Waals surface area contributed by atoms with E-state index in [4.69, 9.17) is 11.6 Å². The lowest BCUT2D eigenvalue weighted by atomic mass is 10.2. The first kappa shape index (κ1) is 8.85. The van der Waals surface area contributed by atoms with E-state index in [0.29, 0.717) is 12.1 Å². The average molecular weight is 176 g/mol. The summed E-state index contributed by atoms with van der Waals surface area (Å²) < 4.78 is 0. The van der Waals surface area contributed by atoms with Gasteiger partial charge < -0.3 is 4.90 Å². The maximum atomic E-state index is 10.9. The third-order valence-corrected chi connectivity index (χ3v) is 2.66. The zero-order valence-corrected chi connectivity index (χ0v) is 7.77. The predicted octanol–water partition coefficient (Wildman–Crippen LogP) is 2.61. The van der Waals surface area contributed by atoms with Gasteiger partial charge in [0, 0.05) is 12.1 Å². The van der Waals surface area contributed by atoms with Gasteiger partial charge in [-0.25, -0.2) is 0 Å². The van der Waals surface area contributed by atoms with Crippen LogP contribution in [0.1, 0.15) is 33.1 Å². The van der Waals surface area contributed by atoms with E-state index in [1.807, 2.05) is 0 Å². The Balaban J connectivity index is 2.63. The number of nitrogens with zero attached hydrogens (tertiary/aromatic N) is 1. The molecule has 2 atom stereocenters. The number of halogens is 1. The average Bonchev–Trinajstić information content (AvgIpc) is 2.30. The molecule has 1 heterocycles. The molecule has 0 spiro atoms. The third-order valence-electron chi connectivity index (χ3n) is 2.46. The van der Waals surface area contributed by atoms with Gasteiger partial charge in [0.05, 0.1) is 0 Å². The van der Waals surface area contributed by atoms with Crippen molar-refractivity contribution in [1.29, 1.82) is 0 Å². The van der Waals surface area contributed by atoms with Crippen LogP contribution in [0.5, 0.6) is 0 Å². The molecule has 0 radical (unpaired) electrons. The zero-order valence-electron chi connectivity index (χ0n) is 7.01. The van der Waals surface area contributed by atoms with Gasteiger partial charge in [-0.15, -0.1) is 0 Å². The number of carbonyl (C=O) groups is 1. The molecule has 0 aromatic heterocycles. The van der Waals surface area contributed by atoms with Gasteiger partial charge in [-0.1, -0.05) is 6.92 Å². The van der Waals surface area contributed by atoms with Gasteiger partial charge >= 0.3 is 5.37 Å². The Bertz CT molecular complexity index is 160. The molecule has 1 saturated heterocycles. The van der Waals surface area contributed by atoms with Crippen molar-refractivity contribution in [2.45, 2.75) is 45.2 Å². The Morgan fingerprint density at radius 1 is 1.64 bits per heavy atom. The van der Waals surface area contributed by atoms with Crippen LogP contribution in [0.2, 0.25) is 0 Å². The summed E-state index contributed by atoms with van der Waals surface area (Å²) in [7, 11) is 0. The maximum Gasteiger partial charge on any atom is 0.316 e. The zero-order chi connectivity index (χ0) is 8.43. The van der Waals surface area contributed by atoms with Crippen molar-refractivity contribution >= 4 is 17.0 Å². The summed E-state index contributed by atoms with van der Waals surface area (Å²) in [6.07, 6.45) is 3.22. The summed E-state index contributed by atoms with van der Waals surface area (Å²) in [5, 5.41) is -0.290. The number of amides is 1. The van der Waals surface area contributed by atoms with Crippen LogP contribution in [0.4, 0.5) is 4.79 Å². The number of hydrogen-bond donors (Lipinski definition) is 0. The Morgan fingerprint density at radius 3 is 2.64 bits per heavy atom. The molecule has 2 nitrogen and oxygen atoms in total. The number of likely N-dealkylation sites (tertiary alicyclic amines) is 1. The molecule has 0 aromatic rings. The van der Waals surface area contributed by atoms with Gasteiger partial charge in [0.1, 0.15) is 0 Å². The van der Waals surface area contributed by atoms with Crippen molar-refractivity contribution < 1.29 is 4.79 Å². The van der Waals surface area contributed by atoms with Gasteiger partial charge in [-0.05, 0) is 37.8 Å². The molecule has 1 fully saturated rings. The van der Waals surface area contributed by atoms with Crippen molar-refractivity contribution in [2.75, 3.05) is 0 Å². The maximum absolute atomic E-state index is 10.9. The molecular formula is C8H14ClNO. The van der Waals surface area contributed by atoms with E-state index in [1.165, 1.54) is 0 Å². The summed E-state index contributed by atoms with van der Waals surface area (Å²) in [5.41, 5.74) is 0. The fourth-order valence-corrected chi connectivity index (χ4v) is 2.09. The van der Waals surface area contributed by atoms with Crippen LogP contribution in [0.3, 0.4) is 0 Å². The normalized spacial score (nSPS) is 31.0. The number of carbonyl (C=O) groups excluding carboxylic acids is 1. The highest BCUT2D eigenvalue weighted by Gasteiger charge is 2.31. The molecule has 1 aliphatic heterocycles. The monoisotopic (exact) mass is 175 g/mol. The highest BCUT2D eigenvalue weighted by molar-refractivity contribution is 6.62. The molecule has 64 valence electrons. The quantitative estimate of drug-likeness (QED) is 0.443. The first-order valence-electron chi connectivity index (χ1n) is 4.14. The molecule has 3 heteroatoms. The molecule has 0 bridgehead atoms. The van der Waals surface area contributed by atoms with Crippen molar-refractivity contribution in [3.63, 3.8) is 0 Å². The van der Waals surface area contributed by atoms with Crippen molar-refractivity contribution in [3.05, 3.63) is 0 Å². The van der Waals surface area contributed by atoms with Crippen LogP contribution in [0, 0.1) is 0 Å². The molecule has 11 heavy (non-hydrogen) atoms. The SMILES string of the molecule is CCC1CCC(C)N1C(=O)Cl. The van der Waals surface area contributed by atoms with Crippen LogP contribution in [-0.2, 0) is 0 Å². The minimum atomic E-state index is -0.290. The van der Waals surface area contributed by atoms with E-state index in [-0.39, 0.29) is 5.37 Å². The highest BCUT2D eigenvalue weighted by Crippen LogP contribution is 2.26. The first-order valence-corrected chi connectivity index (χ1v) is 4.52. The van der Waals surface area contributed by atoms with Gasteiger partial charge in [-0.3, -0.25) is 4.79 Å².